The zero-order valence-corrected chi connectivity index (χ0v) is 12.7. The Bertz CT molecular complexity index is 392. The summed E-state index contributed by atoms with van der Waals surface area (Å²) < 4.78 is 0. The summed E-state index contributed by atoms with van der Waals surface area (Å²) in [4.78, 5) is 2.49. The average Bonchev–Trinajstić information content (AvgIpc) is 2.38. The molecule has 1 saturated heterocycles. The van der Waals surface area contributed by atoms with Gasteiger partial charge in [0, 0.05) is 38.8 Å². The van der Waals surface area contributed by atoms with E-state index in [1.54, 1.807) is 0 Å². The van der Waals surface area contributed by atoms with Gasteiger partial charge in [-0.05, 0) is 31.4 Å². The van der Waals surface area contributed by atoms with Gasteiger partial charge < -0.3 is 10.4 Å². The highest BCUT2D eigenvalue weighted by Crippen LogP contribution is 2.27. The van der Waals surface area contributed by atoms with Gasteiger partial charge in [0.15, 0.2) is 0 Å². The summed E-state index contributed by atoms with van der Waals surface area (Å²) in [5, 5.41) is 12.7. The van der Waals surface area contributed by atoms with Crippen LogP contribution in [0.2, 0.25) is 0 Å². The number of hydrogen-bond donors (Lipinski definition) is 2. The van der Waals surface area contributed by atoms with E-state index in [1.807, 2.05) is 0 Å². The molecule has 0 bridgehead atoms. The van der Waals surface area contributed by atoms with E-state index in [-0.39, 0.29) is 19.0 Å². The van der Waals surface area contributed by atoms with Gasteiger partial charge in [-0.25, -0.2) is 0 Å². The van der Waals surface area contributed by atoms with Gasteiger partial charge in [-0.1, -0.05) is 23.8 Å². The third-order valence-electron chi connectivity index (χ3n) is 3.78. The van der Waals surface area contributed by atoms with Crippen molar-refractivity contribution in [1.82, 2.24) is 10.2 Å². The smallest absolute Gasteiger partial charge is 0.0449 e. The Kier molecular flexibility index (Phi) is 6.80. The number of aliphatic hydroxyl groups is 1. The lowest BCUT2D eigenvalue weighted by Crippen LogP contribution is -2.45. The fourth-order valence-electron chi connectivity index (χ4n) is 2.85. The molecule has 0 radical (unpaired) electrons. The Morgan fingerprint density at radius 1 is 1.26 bits per heavy atom. The molecule has 1 aliphatic rings. The number of benzene rings is 1. The van der Waals surface area contributed by atoms with E-state index < -0.39 is 0 Å². The lowest BCUT2D eigenvalue weighted by Gasteiger charge is -2.35. The molecule has 1 aromatic rings. The Morgan fingerprint density at radius 2 is 1.95 bits per heavy atom. The molecule has 108 valence electrons. The molecular formula is C15H25ClN2O. The monoisotopic (exact) mass is 284 g/mol. The molecule has 0 spiro atoms. The van der Waals surface area contributed by atoms with Crippen molar-refractivity contribution < 1.29 is 5.11 Å². The summed E-state index contributed by atoms with van der Waals surface area (Å²) in [6.07, 6.45) is 0.823. The Morgan fingerprint density at radius 3 is 2.53 bits per heavy atom. The first kappa shape index (κ1) is 16.4. The van der Waals surface area contributed by atoms with E-state index in [0.29, 0.717) is 6.04 Å². The highest BCUT2D eigenvalue weighted by Gasteiger charge is 2.22. The molecule has 0 amide bonds. The lowest BCUT2D eigenvalue weighted by molar-refractivity contribution is 0.140. The van der Waals surface area contributed by atoms with Crippen molar-refractivity contribution in [1.29, 1.82) is 0 Å². The molecular weight excluding hydrogens is 260 g/mol. The first-order chi connectivity index (χ1) is 8.72. The molecule has 1 aromatic carbocycles. The van der Waals surface area contributed by atoms with Crippen molar-refractivity contribution in [2.45, 2.75) is 26.3 Å². The van der Waals surface area contributed by atoms with Gasteiger partial charge in [0.2, 0.25) is 0 Å². The number of halogens is 1. The summed E-state index contributed by atoms with van der Waals surface area (Å²) >= 11 is 0. The SMILES string of the molecule is Cc1ccc([C@@H](CCO)N2CCNCC2)c(C)c1.Cl. The largest absolute Gasteiger partial charge is 0.396 e. The van der Waals surface area contributed by atoms with E-state index in [1.165, 1.54) is 16.7 Å². The van der Waals surface area contributed by atoms with Crippen molar-refractivity contribution in [3.8, 4) is 0 Å². The normalized spacial score (nSPS) is 17.8. The van der Waals surface area contributed by atoms with Crippen LogP contribution in [-0.2, 0) is 0 Å². The summed E-state index contributed by atoms with van der Waals surface area (Å²) in [6, 6.07) is 7.00. The molecule has 0 unspecified atom stereocenters. The summed E-state index contributed by atoms with van der Waals surface area (Å²) in [6.45, 7) is 8.79. The first-order valence-corrected chi connectivity index (χ1v) is 6.85. The zero-order chi connectivity index (χ0) is 13.0. The van der Waals surface area contributed by atoms with Gasteiger partial charge in [-0.15, -0.1) is 12.4 Å². The predicted octanol–water partition coefficient (Wildman–Crippen LogP) is 2.05. The second-order valence-electron chi connectivity index (χ2n) is 5.17. The lowest BCUT2D eigenvalue weighted by atomic mass is 9.95. The van der Waals surface area contributed by atoms with E-state index in [0.717, 1.165) is 32.6 Å². The van der Waals surface area contributed by atoms with Crippen LogP contribution in [0.5, 0.6) is 0 Å². The van der Waals surface area contributed by atoms with Crippen LogP contribution in [0.4, 0.5) is 0 Å². The van der Waals surface area contributed by atoms with Crippen molar-refractivity contribution >= 4 is 12.4 Å². The first-order valence-electron chi connectivity index (χ1n) is 6.85. The molecule has 2 N–H and O–H groups in total. The minimum Gasteiger partial charge on any atom is -0.396 e. The number of nitrogens with zero attached hydrogens (tertiary/aromatic N) is 1. The molecule has 0 aromatic heterocycles. The van der Waals surface area contributed by atoms with Crippen LogP contribution in [0, 0.1) is 13.8 Å². The number of aryl methyl sites for hydroxylation is 2. The van der Waals surface area contributed by atoms with Crippen molar-refractivity contribution in [3.63, 3.8) is 0 Å². The quantitative estimate of drug-likeness (QED) is 0.888. The van der Waals surface area contributed by atoms with E-state index >= 15 is 0 Å². The van der Waals surface area contributed by atoms with Gasteiger partial charge >= 0.3 is 0 Å². The standard InChI is InChI=1S/C15H24N2O.ClH/c1-12-3-4-14(13(2)11-12)15(5-10-18)17-8-6-16-7-9-17;/h3-4,11,15-16,18H,5-10H2,1-2H3;1H/t15-;/m1./s1. The highest BCUT2D eigenvalue weighted by molar-refractivity contribution is 5.85. The summed E-state index contributed by atoms with van der Waals surface area (Å²) in [5.41, 5.74) is 4.02. The molecule has 19 heavy (non-hydrogen) atoms. The molecule has 1 atom stereocenters. The summed E-state index contributed by atoms with van der Waals surface area (Å²) in [7, 11) is 0. The van der Waals surface area contributed by atoms with Crippen LogP contribution in [0.3, 0.4) is 0 Å². The Labute approximate surface area is 122 Å². The third kappa shape index (κ3) is 4.18. The summed E-state index contributed by atoms with van der Waals surface area (Å²) in [5.74, 6) is 0. The number of piperazine rings is 1. The zero-order valence-electron chi connectivity index (χ0n) is 11.9. The molecule has 3 nitrogen and oxygen atoms in total. The number of nitrogens with one attached hydrogen (secondary N) is 1. The van der Waals surface area contributed by atoms with Crippen LogP contribution in [0.1, 0.15) is 29.2 Å². The number of rotatable bonds is 4. The fraction of sp³-hybridized carbons (Fsp3) is 0.600. The maximum atomic E-state index is 9.33. The molecule has 1 heterocycles. The van der Waals surface area contributed by atoms with Crippen LogP contribution in [0.25, 0.3) is 0 Å². The second-order valence-corrected chi connectivity index (χ2v) is 5.17. The second kappa shape index (κ2) is 7.85. The Hall–Kier alpha value is -0.610. The van der Waals surface area contributed by atoms with Gasteiger partial charge in [0.25, 0.3) is 0 Å². The molecule has 4 heteroatoms. The number of hydrogen-bond acceptors (Lipinski definition) is 3. The van der Waals surface area contributed by atoms with Crippen LogP contribution < -0.4 is 5.32 Å². The van der Waals surface area contributed by atoms with Gasteiger partial charge in [-0.3, -0.25) is 4.90 Å². The average molecular weight is 285 g/mol. The highest BCUT2D eigenvalue weighted by atomic mass is 35.5. The molecule has 1 fully saturated rings. The van der Waals surface area contributed by atoms with Gasteiger partial charge in [0.05, 0.1) is 0 Å². The Balaban J connectivity index is 0.00000180. The molecule has 2 rings (SSSR count). The van der Waals surface area contributed by atoms with Crippen molar-refractivity contribution in [3.05, 3.63) is 34.9 Å². The van der Waals surface area contributed by atoms with Crippen molar-refractivity contribution in [2.75, 3.05) is 32.8 Å². The topological polar surface area (TPSA) is 35.5 Å². The van der Waals surface area contributed by atoms with E-state index in [2.05, 4.69) is 42.3 Å². The minimum atomic E-state index is 0. The van der Waals surface area contributed by atoms with Crippen LogP contribution in [0.15, 0.2) is 18.2 Å². The third-order valence-corrected chi connectivity index (χ3v) is 3.78. The fourth-order valence-corrected chi connectivity index (χ4v) is 2.85. The maximum Gasteiger partial charge on any atom is 0.0449 e. The van der Waals surface area contributed by atoms with Gasteiger partial charge in [0.1, 0.15) is 0 Å². The van der Waals surface area contributed by atoms with Crippen molar-refractivity contribution in [2.24, 2.45) is 0 Å². The van der Waals surface area contributed by atoms with Gasteiger partial charge in [-0.2, -0.15) is 0 Å². The molecule has 0 aliphatic carbocycles. The minimum absolute atomic E-state index is 0. The van der Waals surface area contributed by atoms with E-state index in [4.69, 9.17) is 0 Å². The molecule has 0 saturated carbocycles. The maximum absolute atomic E-state index is 9.33. The molecule has 1 aliphatic heterocycles. The van der Waals surface area contributed by atoms with E-state index in [9.17, 15) is 5.11 Å². The predicted molar refractivity (Wildman–Crippen MR) is 82.1 cm³/mol. The van der Waals surface area contributed by atoms with Crippen LogP contribution >= 0.6 is 12.4 Å². The van der Waals surface area contributed by atoms with Crippen LogP contribution in [-0.4, -0.2) is 42.8 Å². The number of aliphatic hydroxyl groups excluding tert-OH is 1.